The van der Waals surface area contributed by atoms with Gasteiger partial charge in [0.05, 0.1) is 5.75 Å². The summed E-state index contributed by atoms with van der Waals surface area (Å²) in [6, 6.07) is 10.5. The van der Waals surface area contributed by atoms with Gasteiger partial charge in [-0.05, 0) is 46.9 Å². The van der Waals surface area contributed by atoms with Gasteiger partial charge in [-0.15, -0.1) is 11.8 Å². The molecule has 0 saturated carbocycles. The normalized spacial score (nSPS) is 10.5. The van der Waals surface area contributed by atoms with Crippen molar-refractivity contribution in [1.82, 2.24) is 0 Å². The number of Topliss-reactive ketones (excluding diaryl/α,β-unsaturated/α-hetero) is 1. The van der Waals surface area contributed by atoms with Gasteiger partial charge in [0, 0.05) is 20.1 Å². The molecule has 19 heavy (non-hydrogen) atoms. The van der Waals surface area contributed by atoms with E-state index in [9.17, 15) is 13.6 Å². The van der Waals surface area contributed by atoms with Gasteiger partial charge in [0.2, 0.25) is 0 Å². The average Bonchev–Trinajstić information content (AvgIpc) is 2.38. The smallest absolute Gasteiger partial charge is 0.173 e. The van der Waals surface area contributed by atoms with E-state index in [1.54, 1.807) is 12.1 Å². The van der Waals surface area contributed by atoms with E-state index in [-0.39, 0.29) is 16.4 Å². The monoisotopic (exact) mass is 390 g/mol. The molecule has 0 saturated heterocycles. The molecule has 2 rings (SSSR count). The molecule has 0 aromatic heterocycles. The average molecular weight is 390 g/mol. The molecule has 0 spiro atoms. The van der Waals surface area contributed by atoms with Gasteiger partial charge in [-0.3, -0.25) is 4.79 Å². The first-order valence-electron chi connectivity index (χ1n) is 5.43. The molecule has 0 unspecified atom stereocenters. The van der Waals surface area contributed by atoms with E-state index >= 15 is 0 Å². The molecule has 0 fully saturated rings. The number of thioether (sulfide) groups is 1. The Balaban J connectivity index is 2.02. The minimum absolute atomic E-state index is 0.0786. The topological polar surface area (TPSA) is 17.1 Å². The van der Waals surface area contributed by atoms with Gasteiger partial charge in [0.1, 0.15) is 11.6 Å². The first kappa shape index (κ1) is 14.5. The molecule has 2 aromatic rings. The first-order valence-corrected chi connectivity index (χ1v) is 7.49. The van der Waals surface area contributed by atoms with Crippen molar-refractivity contribution >= 4 is 40.1 Å². The Morgan fingerprint density at radius 2 is 1.79 bits per heavy atom. The van der Waals surface area contributed by atoms with Crippen LogP contribution in [0, 0.1) is 15.2 Å². The van der Waals surface area contributed by atoms with Gasteiger partial charge in [0.25, 0.3) is 0 Å². The Bertz CT molecular complexity index is 599. The zero-order chi connectivity index (χ0) is 13.8. The number of halogens is 3. The summed E-state index contributed by atoms with van der Waals surface area (Å²) >= 11 is 3.23. The number of hydrogen-bond donors (Lipinski definition) is 0. The zero-order valence-electron chi connectivity index (χ0n) is 9.70. The predicted octanol–water partition coefficient (Wildman–Crippen LogP) is 4.54. The lowest BCUT2D eigenvalue weighted by Crippen LogP contribution is -2.02. The second-order valence-electron chi connectivity index (χ2n) is 3.79. The minimum atomic E-state index is -0.639. The SMILES string of the molecule is O=C(CSc1ccc(F)cc1F)c1ccc(I)cc1. The lowest BCUT2D eigenvalue weighted by Gasteiger charge is -2.03. The van der Waals surface area contributed by atoms with E-state index in [0.717, 1.165) is 21.4 Å². The minimum Gasteiger partial charge on any atom is -0.293 e. The number of rotatable bonds is 4. The van der Waals surface area contributed by atoms with E-state index in [2.05, 4.69) is 22.6 Å². The van der Waals surface area contributed by atoms with Crippen LogP contribution in [-0.2, 0) is 0 Å². The number of carbonyl (C=O) groups excluding carboxylic acids is 1. The van der Waals surface area contributed by atoms with Crippen LogP contribution < -0.4 is 0 Å². The molecule has 0 heterocycles. The van der Waals surface area contributed by atoms with Crippen molar-refractivity contribution in [2.75, 3.05) is 5.75 Å². The second-order valence-corrected chi connectivity index (χ2v) is 6.06. The van der Waals surface area contributed by atoms with E-state index in [0.29, 0.717) is 5.56 Å². The van der Waals surface area contributed by atoms with Crippen LogP contribution in [0.15, 0.2) is 47.4 Å². The van der Waals surface area contributed by atoms with E-state index in [1.165, 1.54) is 12.1 Å². The third-order valence-electron chi connectivity index (χ3n) is 2.42. The molecule has 0 amide bonds. The molecule has 0 radical (unpaired) electrons. The Morgan fingerprint density at radius 1 is 1.11 bits per heavy atom. The van der Waals surface area contributed by atoms with Crippen molar-refractivity contribution in [2.24, 2.45) is 0 Å². The molecule has 0 aliphatic rings. The fourth-order valence-electron chi connectivity index (χ4n) is 1.45. The maximum Gasteiger partial charge on any atom is 0.173 e. The highest BCUT2D eigenvalue weighted by Crippen LogP contribution is 2.23. The summed E-state index contributed by atoms with van der Waals surface area (Å²) in [5.41, 5.74) is 0.593. The fraction of sp³-hybridized carbons (Fsp3) is 0.0714. The van der Waals surface area contributed by atoms with Crippen molar-refractivity contribution in [2.45, 2.75) is 4.90 Å². The van der Waals surface area contributed by atoms with Gasteiger partial charge in [-0.2, -0.15) is 0 Å². The van der Waals surface area contributed by atoms with Gasteiger partial charge in [-0.25, -0.2) is 8.78 Å². The maximum atomic E-state index is 13.4. The van der Waals surface area contributed by atoms with Crippen molar-refractivity contribution in [3.8, 4) is 0 Å². The Labute approximate surface area is 127 Å². The van der Waals surface area contributed by atoms with Crippen LogP contribution in [0.2, 0.25) is 0 Å². The van der Waals surface area contributed by atoms with Crippen LogP contribution in [0.1, 0.15) is 10.4 Å². The molecule has 0 aliphatic heterocycles. The van der Waals surface area contributed by atoms with Crippen LogP contribution in [0.3, 0.4) is 0 Å². The number of hydrogen-bond acceptors (Lipinski definition) is 2. The molecule has 0 N–H and O–H groups in total. The summed E-state index contributed by atoms with van der Waals surface area (Å²) in [6.07, 6.45) is 0. The van der Waals surface area contributed by atoms with Crippen LogP contribution in [-0.4, -0.2) is 11.5 Å². The van der Waals surface area contributed by atoms with Gasteiger partial charge < -0.3 is 0 Å². The predicted molar refractivity (Wildman–Crippen MR) is 80.6 cm³/mol. The van der Waals surface area contributed by atoms with Crippen LogP contribution in [0.4, 0.5) is 8.78 Å². The standard InChI is InChI=1S/C14H9F2IOS/c15-10-3-6-14(12(16)7-10)19-8-13(18)9-1-4-11(17)5-2-9/h1-7H,8H2. The molecule has 2 aromatic carbocycles. The van der Waals surface area contributed by atoms with Crippen molar-refractivity contribution in [1.29, 1.82) is 0 Å². The Morgan fingerprint density at radius 3 is 2.42 bits per heavy atom. The van der Waals surface area contributed by atoms with Gasteiger partial charge in [0.15, 0.2) is 5.78 Å². The summed E-state index contributed by atoms with van der Waals surface area (Å²) in [5.74, 6) is -1.21. The van der Waals surface area contributed by atoms with Crippen molar-refractivity contribution < 1.29 is 13.6 Å². The highest BCUT2D eigenvalue weighted by atomic mass is 127. The fourth-order valence-corrected chi connectivity index (χ4v) is 2.63. The molecule has 0 atom stereocenters. The summed E-state index contributed by atoms with van der Waals surface area (Å²) in [7, 11) is 0. The maximum absolute atomic E-state index is 13.4. The molecule has 5 heteroatoms. The summed E-state index contributed by atoms with van der Waals surface area (Å²) in [5, 5.41) is 0. The molecule has 1 nitrogen and oxygen atoms in total. The summed E-state index contributed by atoms with van der Waals surface area (Å²) in [6.45, 7) is 0. The molecule has 0 bridgehead atoms. The van der Waals surface area contributed by atoms with E-state index in [1.807, 2.05) is 12.1 Å². The van der Waals surface area contributed by atoms with Gasteiger partial charge >= 0.3 is 0 Å². The molecule has 0 aliphatic carbocycles. The summed E-state index contributed by atoms with van der Waals surface area (Å²) < 4.78 is 27.2. The van der Waals surface area contributed by atoms with Crippen LogP contribution in [0.25, 0.3) is 0 Å². The van der Waals surface area contributed by atoms with E-state index < -0.39 is 11.6 Å². The van der Waals surface area contributed by atoms with Crippen molar-refractivity contribution in [3.05, 3.63) is 63.2 Å². The number of benzene rings is 2. The third kappa shape index (κ3) is 4.01. The zero-order valence-corrected chi connectivity index (χ0v) is 12.7. The highest BCUT2D eigenvalue weighted by Gasteiger charge is 2.09. The molecular formula is C14H9F2IOS. The van der Waals surface area contributed by atoms with Crippen molar-refractivity contribution in [3.63, 3.8) is 0 Å². The summed E-state index contributed by atoms with van der Waals surface area (Å²) in [4.78, 5) is 12.2. The first-order chi connectivity index (χ1) is 9.06. The number of ketones is 1. The van der Waals surface area contributed by atoms with Crippen LogP contribution >= 0.6 is 34.4 Å². The second kappa shape index (κ2) is 6.47. The van der Waals surface area contributed by atoms with E-state index in [4.69, 9.17) is 0 Å². The number of carbonyl (C=O) groups is 1. The lowest BCUT2D eigenvalue weighted by molar-refractivity contribution is 0.102. The Hall–Kier alpha value is -0.950. The largest absolute Gasteiger partial charge is 0.293 e. The Kier molecular flexibility index (Phi) is 4.93. The molecular weight excluding hydrogens is 381 g/mol. The highest BCUT2D eigenvalue weighted by molar-refractivity contribution is 14.1. The lowest BCUT2D eigenvalue weighted by atomic mass is 10.2. The molecule has 98 valence electrons. The third-order valence-corrected chi connectivity index (χ3v) is 4.19. The van der Waals surface area contributed by atoms with Crippen LogP contribution in [0.5, 0.6) is 0 Å². The van der Waals surface area contributed by atoms with Gasteiger partial charge in [-0.1, -0.05) is 12.1 Å². The quantitative estimate of drug-likeness (QED) is 0.433.